The third-order valence-electron chi connectivity index (χ3n) is 3.86. The summed E-state index contributed by atoms with van der Waals surface area (Å²) in [5.41, 5.74) is 2.52. The first-order valence-corrected chi connectivity index (χ1v) is 7.45. The van der Waals surface area contributed by atoms with Crippen LogP contribution in [0.25, 0.3) is 0 Å². The van der Waals surface area contributed by atoms with Gasteiger partial charge >= 0.3 is 5.97 Å². The number of methoxy groups -OCH3 is 2. The summed E-state index contributed by atoms with van der Waals surface area (Å²) >= 11 is 0. The molecule has 22 heavy (non-hydrogen) atoms. The first kappa shape index (κ1) is 18.4. The van der Waals surface area contributed by atoms with Crippen LogP contribution in [0, 0.1) is 13.8 Å². The number of hydrogen-bond acceptors (Lipinski definition) is 5. The highest BCUT2D eigenvalue weighted by Gasteiger charge is 2.28. The quantitative estimate of drug-likeness (QED) is 0.450. The van der Waals surface area contributed by atoms with Crippen molar-refractivity contribution in [3.63, 3.8) is 0 Å². The molecule has 0 aromatic carbocycles. The SMILES string of the molecule is CCn1c(C)c(C(=O)C(C)NCCOC)c(C)c1C(=O)OC. The number of ketones is 1. The molecule has 6 nitrogen and oxygen atoms in total. The monoisotopic (exact) mass is 310 g/mol. The Morgan fingerprint density at radius 1 is 1.27 bits per heavy atom. The van der Waals surface area contributed by atoms with Crippen LogP contribution in [0.15, 0.2) is 0 Å². The van der Waals surface area contributed by atoms with Crippen LogP contribution in [0.5, 0.6) is 0 Å². The molecule has 1 aromatic heterocycles. The lowest BCUT2D eigenvalue weighted by molar-refractivity contribution is 0.0587. The van der Waals surface area contributed by atoms with Gasteiger partial charge in [0, 0.05) is 31.5 Å². The van der Waals surface area contributed by atoms with Gasteiger partial charge in [-0.2, -0.15) is 0 Å². The maximum atomic E-state index is 12.7. The van der Waals surface area contributed by atoms with Crippen LogP contribution in [0.2, 0.25) is 0 Å². The first-order chi connectivity index (χ1) is 10.4. The van der Waals surface area contributed by atoms with E-state index in [9.17, 15) is 9.59 Å². The second-order valence-corrected chi connectivity index (χ2v) is 5.20. The number of carbonyl (C=O) groups excluding carboxylic acids is 2. The molecule has 124 valence electrons. The summed E-state index contributed by atoms with van der Waals surface area (Å²) < 4.78 is 11.6. The predicted octanol–water partition coefficient (Wildman–Crippen LogP) is 1.72. The van der Waals surface area contributed by atoms with Gasteiger partial charge in [0.15, 0.2) is 5.78 Å². The maximum absolute atomic E-state index is 12.7. The Kier molecular flexibility index (Phi) is 6.77. The van der Waals surface area contributed by atoms with Gasteiger partial charge in [-0.1, -0.05) is 0 Å². The van der Waals surface area contributed by atoms with Gasteiger partial charge in [-0.05, 0) is 33.3 Å². The molecule has 0 bridgehead atoms. The van der Waals surface area contributed by atoms with Crippen LogP contribution in [0.1, 0.15) is 46.0 Å². The summed E-state index contributed by atoms with van der Waals surface area (Å²) in [6.07, 6.45) is 0. The van der Waals surface area contributed by atoms with Crippen molar-refractivity contribution in [1.82, 2.24) is 9.88 Å². The van der Waals surface area contributed by atoms with Gasteiger partial charge in [0.2, 0.25) is 0 Å². The average molecular weight is 310 g/mol. The number of Topliss-reactive ketones (excluding diaryl/α,β-unsaturated/α-hetero) is 1. The average Bonchev–Trinajstić information content (AvgIpc) is 2.76. The molecular weight excluding hydrogens is 284 g/mol. The Hall–Kier alpha value is -1.66. The van der Waals surface area contributed by atoms with E-state index < -0.39 is 5.97 Å². The van der Waals surface area contributed by atoms with Gasteiger partial charge in [0.05, 0.1) is 19.8 Å². The molecule has 1 N–H and O–H groups in total. The first-order valence-electron chi connectivity index (χ1n) is 7.45. The van der Waals surface area contributed by atoms with E-state index in [1.54, 1.807) is 14.0 Å². The van der Waals surface area contributed by atoms with Crippen molar-refractivity contribution in [2.45, 2.75) is 40.3 Å². The molecule has 0 fully saturated rings. The predicted molar refractivity (Wildman–Crippen MR) is 84.6 cm³/mol. The molecule has 1 rings (SSSR count). The Morgan fingerprint density at radius 3 is 2.41 bits per heavy atom. The maximum Gasteiger partial charge on any atom is 0.354 e. The highest BCUT2D eigenvalue weighted by Crippen LogP contribution is 2.24. The van der Waals surface area contributed by atoms with E-state index in [0.717, 1.165) is 5.69 Å². The normalized spacial score (nSPS) is 12.3. The lowest BCUT2D eigenvalue weighted by Crippen LogP contribution is -2.36. The van der Waals surface area contributed by atoms with E-state index in [1.807, 2.05) is 25.3 Å². The molecule has 1 heterocycles. The summed E-state index contributed by atoms with van der Waals surface area (Å²) in [4.78, 5) is 24.7. The third kappa shape index (κ3) is 3.56. The van der Waals surface area contributed by atoms with Crippen molar-refractivity contribution < 1.29 is 19.1 Å². The zero-order chi connectivity index (χ0) is 16.9. The fraction of sp³-hybridized carbons (Fsp3) is 0.625. The van der Waals surface area contributed by atoms with Crippen molar-refractivity contribution in [3.05, 3.63) is 22.5 Å². The molecule has 0 aliphatic carbocycles. The summed E-state index contributed by atoms with van der Waals surface area (Å²) in [5.74, 6) is -0.440. The number of nitrogens with zero attached hydrogens (tertiary/aromatic N) is 1. The molecule has 6 heteroatoms. The van der Waals surface area contributed by atoms with Crippen LogP contribution in [0.3, 0.4) is 0 Å². The molecule has 0 saturated heterocycles. The largest absolute Gasteiger partial charge is 0.464 e. The summed E-state index contributed by atoms with van der Waals surface area (Å²) in [5, 5.41) is 3.13. The van der Waals surface area contributed by atoms with Crippen LogP contribution < -0.4 is 5.32 Å². The Balaban J connectivity index is 3.16. The molecule has 1 atom stereocenters. The number of carbonyl (C=O) groups is 2. The molecule has 0 aliphatic rings. The second kappa shape index (κ2) is 8.10. The summed E-state index contributed by atoms with van der Waals surface area (Å²) in [6, 6.07) is -0.342. The molecule has 0 spiro atoms. The minimum absolute atomic E-state index is 0.0246. The number of rotatable bonds is 8. The van der Waals surface area contributed by atoms with Crippen LogP contribution in [-0.4, -0.2) is 49.7 Å². The van der Waals surface area contributed by atoms with Crippen LogP contribution in [-0.2, 0) is 16.0 Å². The zero-order valence-corrected chi connectivity index (χ0v) is 14.3. The van der Waals surface area contributed by atoms with Crippen LogP contribution in [0.4, 0.5) is 0 Å². The van der Waals surface area contributed by atoms with Crippen molar-refractivity contribution >= 4 is 11.8 Å². The second-order valence-electron chi connectivity index (χ2n) is 5.20. The molecule has 1 unspecified atom stereocenters. The van der Waals surface area contributed by atoms with Crippen molar-refractivity contribution in [2.24, 2.45) is 0 Å². The Morgan fingerprint density at radius 2 is 1.91 bits per heavy atom. The van der Waals surface area contributed by atoms with E-state index in [1.165, 1.54) is 7.11 Å². The lowest BCUT2D eigenvalue weighted by Gasteiger charge is -2.13. The van der Waals surface area contributed by atoms with Gasteiger partial charge < -0.3 is 19.4 Å². The molecular formula is C16H26N2O4. The Labute approximate surface area is 131 Å². The standard InChI is InChI=1S/C16H26N2O4/c1-7-18-12(4)13(10(2)14(18)16(20)22-6)15(19)11(3)17-8-9-21-5/h11,17H,7-9H2,1-6H3. The molecule has 1 aromatic rings. The van der Waals surface area contributed by atoms with Gasteiger partial charge in [-0.3, -0.25) is 4.79 Å². The van der Waals surface area contributed by atoms with Crippen molar-refractivity contribution in [2.75, 3.05) is 27.4 Å². The Bertz CT molecular complexity index is 549. The zero-order valence-electron chi connectivity index (χ0n) is 14.3. The van der Waals surface area contributed by atoms with E-state index in [4.69, 9.17) is 9.47 Å². The number of hydrogen-bond donors (Lipinski definition) is 1. The summed E-state index contributed by atoms with van der Waals surface area (Å²) in [6.45, 7) is 9.15. The van der Waals surface area contributed by atoms with E-state index >= 15 is 0 Å². The molecule has 0 aliphatic heterocycles. The van der Waals surface area contributed by atoms with E-state index in [-0.39, 0.29) is 11.8 Å². The number of esters is 1. The van der Waals surface area contributed by atoms with Gasteiger partial charge in [-0.15, -0.1) is 0 Å². The fourth-order valence-electron chi connectivity index (χ4n) is 2.70. The van der Waals surface area contributed by atoms with Gasteiger partial charge in [0.1, 0.15) is 5.69 Å². The third-order valence-corrected chi connectivity index (χ3v) is 3.86. The summed E-state index contributed by atoms with van der Waals surface area (Å²) in [7, 11) is 2.97. The molecule has 0 amide bonds. The highest BCUT2D eigenvalue weighted by atomic mass is 16.5. The molecule has 0 saturated carbocycles. The minimum atomic E-state index is -0.415. The van der Waals surface area contributed by atoms with Gasteiger partial charge in [0.25, 0.3) is 0 Å². The van der Waals surface area contributed by atoms with Crippen LogP contribution >= 0.6 is 0 Å². The van der Waals surface area contributed by atoms with Gasteiger partial charge in [-0.25, -0.2) is 4.79 Å². The molecule has 0 radical (unpaired) electrons. The van der Waals surface area contributed by atoms with E-state index in [0.29, 0.717) is 36.5 Å². The topological polar surface area (TPSA) is 69.6 Å². The fourth-order valence-corrected chi connectivity index (χ4v) is 2.70. The van der Waals surface area contributed by atoms with E-state index in [2.05, 4.69) is 5.32 Å². The minimum Gasteiger partial charge on any atom is -0.464 e. The van der Waals surface area contributed by atoms with Crippen molar-refractivity contribution in [3.8, 4) is 0 Å². The number of aromatic nitrogens is 1. The number of ether oxygens (including phenoxy) is 2. The number of nitrogens with one attached hydrogen (secondary N) is 1. The lowest BCUT2D eigenvalue weighted by atomic mass is 10.0. The highest BCUT2D eigenvalue weighted by molar-refractivity contribution is 6.05. The van der Waals surface area contributed by atoms with Crippen molar-refractivity contribution in [1.29, 1.82) is 0 Å². The smallest absolute Gasteiger partial charge is 0.354 e.